The van der Waals surface area contributed by atoms with Crippen molar-refractivity contribution in [2.75, 3.05) is 31.6 Å². The number of amides is 2. The Bertz CT molecular complexity index is 1090. The Hall–Kier alpha value is -3.82. The number of carbonyl (C=O) groups is 2. The van der Waals surface area contributed by atoms with Crippen LogP contribution in [0.25, 0.3) is 11.6 Å². The van der Waals surface area contributed by atoms with Crippen molar-refractivity contribution in [2.45, 2.75) is 12.3 Å². The van der Waals surface area contributed by atoms with Crippen molar-refractivity contribution < 1.29 is 18.8 Å². The number of hydrogen-bond acceptors (Lipinski definition) is 8. The van der Waals surface area contributed by atoms with Crippen LogP contribution in [0.2, 0.25) is 0 Å². The molecule has 2 fully saturated rings. The van der Waals surface area contributed by atoms with Crippen LogP contribution in [0.15, 0.2) is 47.2 Å². The molecular weight excluding hydrogens is 400 g/mol. The fourth-order valence-corrected chi connectivity index (χ4v) is 3.86. The van der Waals surface area contributed by atoms with Crippen LogP contribution in [-0.2, 0) is 9.59 Å². The molecule has 0 saturated carbocycles. The molecule has 0 radical (unpaired) electrons. The number of likely N-dealkylation sites (tertiary alicyclic amines) is 1. The molecule has 2 aromatic heterocycles. The Labute approximate surface area is 177 Å². The van der Waals surface area contributed by atoms with Crippen molar-refractivity contribution >= 4 is 17.5 Å². The van der Waals surface area contributed by atoms with Gasteiger partial charge in [-0.05, 0) is 30.3 Å². The number of rotatable bonds is 5. The van der Waals surface area contributed by atoms with E-state index in [1.807, 2.05) is 12.1 Å². The van der Waals surface area contributed by atoms with Gasteiger partial charge in [-0.1, -0.05) is 5.16 Å². The van der Waals surface area contributed by atoms with Crippen molar-refractivity contribution in [2.24, 2.45) is 5.92 Å². The minimum Gasteiger partial charge on any atom is -0.497 e. The molecule has 0 bridgehead atoms. The lowest BCUT2D eigenvalue weighted by atomic mass is 9.96. The number of benzene rings is 1. The summed E-state index contributed by atoms with van der Waals surface area (Å²) in [7, 11) is 1.59. The van der Waals surface area contributed by atoms with Crippen LogP contribution in [0, 0.1) is 5.92 Å². The molecule has 2 aliphatic heterocycles. The summed E-state index contributed by atoms with van der Waals surface area (Å²) >= 11 is 0. The number of ether oxygens (including phenoxy) is 1. The summed E-state index contributed by atoms with van der Waals surface area (Å²) in [6.07, 6.45) is 3.43. The lowest BCUT2D eigenvalue weighted by Crippen LogP contribution is -2.51. The van der Waals surface area contributed by atoms with Crippen LogP contribution in [-0.4, -0.2) is 63.6 Å². The largest absolute Gasteiger partial charge is 0.497 e. The zero-order valence-corrected chi connectivity index (χ0v) is 16.8. The predicted molar refractivity (Wildman–Crippen MR) is 108 cm³/mol. The molecule has 5 rings (SSSR count). The first-order chi connectivity index (χ1) is 15.1. The minimum atomic E-state index is -0.355. The number of aromatic nitrogens is 4. The van der Waals surface area contributed by atoms with Gasteiger partial charge in [0.2, 0.25) is 29.4 Å². The number of methoxy groups -OCH3 is 1. The second kappa shape index (κ2) is 7.78. The van der Waals surface area contributed by atoms with Crippen molar-refractivity contribution in [3.8, 4) is 17.4 Å². The molecule has 1 atom stereocenters. The van der Waals surface area contributed by atoms with Gasteiger partial charge in [-0.3, -0.25) is 9.59 Å². The number of hydrogen-bond donors (Lipinski definition) is 0. The van der Waals surface area contributed by atoms with Crippen molar-refractivity contribution in [1.82, 2.24) is 25.0 Å². The van der Waals surface area contributed by atoms with E-state index in [1.165, 1.54) is 0 Å². The lowest BCUT2D eigenvalue weighted by Gasteiger charge is -2.38. The van der Waals surface area contributed by atoms with Gasteiger partial charge in [0.15, 0.2) is 0 Å². The molecule has 0 spiro atoms. The van der Waals surface area contributed by atoms with E-state index in [4.69, 9.17) is 9.26 Å². The number of carbonyl (C=O) groups excluding carboxylic acids is 2. The van der Waals surface area contributed by atoms with E-state index in [9.17, 15) is 9.59 Å². The lowest BCUT2D eigenvalue weighted by molar-refractivity contribution is -0.140. The first-order valence-electron chi connectivity index (χ1n) is 9.96. The van der Waals surface area contributed by atoms with Gasteiger partial charge in [0.05, 0.1) is 18.9 Å². The molecule has 1 unspecified atom stereocenters. The predicted octanol–water partition coefficient (Wildman–Crippen LogP) is 1.51. The summed E-state index contributed by atoms with van der Waals surface area (Å²) in [5.41, 5.74) is 0.768. The Balaban J connectivity index is 1.19. The smallest absolute Gasteiger partial charge is 0.240 e. The highest BCUT2D eigenvalue weighted by Crippen LogP contribution is 2.32. The average molecular weight is 420 g/mol. The zero-order chi connectivity index (χ0) is 21.4. The maximum absolute atomic E-state index is 12.9. The van der Waals surface area contributed by atoms with Crippen LogP contribution in [0.4, 0.5) is 5.69 Å². The molecule has 10 nitrogen and oxygen atoms in total. The Morgan fingerprint density at radius 2 is 1.84 bits per heavy atom. The maximum Gasteiger partial charge on any atom is 0.240 e. The number of nitrogens with zero attached hydrogens (tertiary/aromatic N) is 6. The summed E-state index contributed by atoms with van der Waals surface area (Å²) in [5.74, 6) is 1.46. The first kappa shape index (κ1) is 19.2. The third kappa shape index (κ3) is 3.60. The fourth-order valence-electron chi connectivity index (χ4n) is 3.86. The van der Waals surface area contributed by atoms with E-state index in [-0.39, 0.29) is 30.1 Å². The Morgan fingerprint density at radius 1 is 1.10 bits per heavy atom. The maximum atomic E-state index is 12.9. The molecule has 2 aliphatic rings. The van der Waals surface area contributed by atoms with Crippen LogP contribution < -0.4 is 9.64 Å². The topological polar surface area (TPSA) is 115 Å². The van der Waals surface area contributed by atoms with Crippen LogP contribution in [0.1, 0.15) is 18.2 Å². The van der Waals surface area contributed by atoms with E-state index in [0.29, 0.717) is 37.2 Å². The van der Waals surface area contributed by atoms with E-state index < -0.39 is 0 Å². The molecule has 0 aliphatic carbocycles. The Morgan fingerprint density at radius 3 is 2.55 bits per heavy atom. The van der Waals surface area contributed by atoms with Gasteiger partial charge < -0.3 is 19.1 Å². The molecule has 3 aromatic rings. The monoisotopic (exact) mass is 420 g/mol. The van der Waals surface area contributed by atoms with Crippen LogP contribution >= 0.6 is 0 Å². The second-order valence-corrected chi connectivity index (χ2v) is 7.57. The summed E-state index contributed by atoms with van der Waals surface area (Å²) in [6, 6.07) is 8.97. The normalized spacial score (nSPS) is 18.9. The van der Waals surface area contributed by atoms with Gasteiger partial charge in [0.1, 0.15) is 5.75 Å². The van der Waals surface area contributed by atoms with Crippen molar-refractivity contribution in [3.63, 3.8) is 0 Å². The first-order valence-corrected chi connectivity index (χ1v) is 9.96. The van der Waals surface area contributed by atoms with Crippen molar-refractivity contribution in [1.29, 1.82) is 0 Å². The standard InChI is InChI=1S/C21H20N6O4/c1-30-16-5-3-15(4-6-16)27-12-13(9-17(27)28)21(29)26-10-14(11-26)20-24-19(25-31-20)18-22-7-2-8-23-18/h2-8,13-14H,9-12H2,1H3. The molecule has 0 N–H and O–H groups in total. The highest BCUT2D eigenvalue weighted by molar-refractivity contribution is 6.00. The molecule has 31 heavy (non-hydrogen) atoms. The van der Waals surface area contributed by atoms with Gasteiger partial charge in [0, 0.05) is 44.1 Å². The van der Waals surface area contributed by atoms with Crippen LogP contribution in [0.3, 0.4) is 0 Å². The highest BCUT2D eigenvalue weighted by atomic mass is 16.5. The summed E-state index contributed by atoms with van der Waals surface area (Å²) < 4.78 is 10.5. The van der Waals surface area contributed by atoms with Gasteiger partial charge >= 0.3 is 0 Å². The molecular formula is C21H20N6O4. The van der Waals surface area contributed by atoms with Gasteiger partial charge in [0.25, 0.3) is 0 Å². The molecule has 4 heterocycles. The molecule has 2 amide bonds. The van der Waals surface area contributed by atoms with Crippen molar-refractivity contribution in [3.05, 3.63) is 48.6 Å². The molecule has 158 valence electrons. The third-order valence-corrected chi connectivity index (χ3v) is 5.61. The number of anilines is 1. The average Bonchev–Trinajstić information content (AvgIpc) is 3.41. The molecule has 10 heteroatoms. The summed E-state index contributed by atoms with van der Waals surface area (Å²) in [5, 5.41) is 3.93. The summed E-state index contributed by atoms with van der Waals surface area (Å²) in [6.45, 7) is 1.36. The van der Waals surface area contributed by atoms with Gasteiger partial charge in [-0.25, -0.2) is 9.97 Å². The Kier molecular flexibility index (Phi) is 4.81. The van der Waals surface area contributed by atoms with E-state index in [1.54, 1.807) is 47.5 Å². The van der Waals surface area contributed by atoms with Crippen LogP contribution in [0.5, 0.6) is 5.75 Å². The van der Waals surface area contributed by atoms with E-state index >= 15 is 0 Å². The SMILES string of the molecule is COc1ccc(N2CC(C(=O)N3CC(c4nc(-c5ncccn5)no4)C3)CC2=O)cc1. The highest BCUT2D eigenvalue weighted by Gasteiger charge is 2.42. The second-order valence-electron chi connectivity index (χ2n) is 7.57. The van der Waals surface area contributed by atoms with Gasteiger partial charge in [-0.15, -0.1) is 0 Å². The summed E-state index contributed by atoms with van der Waals surface area (Å²) in [4.78, 5) is 41.3. The molecule has 1 aromatic carbocycles. The minimum absolute atomic E-state index is 0.0215. The van der Waals surface area contributed by atoms with Gasteiger partial charge in [-0.2, -0.15) is 4.98 Å². The van der Waals surface area contributed by atoms with E-state index in [2.05, 4.69) is 20.1 Å². The molecule has 2 saturated heterocycles. The quantitative estimate of drug-likeness (QED) is 0.610. The third-order valence-electron chi connectivity index (χ3n) is 5.61. The fraction of sp³-hybridized carbons (Fsp3) is 0.333. The van der Waals surface area contributed by atoms with E-state index in [0.717, 1.165) is 11.4 Å². The zero-order valence-electron chi connectivity index (χ0n) is 16.8.